The number of anilines is 1. The van der Waals surface area contributed by atoms with Gasteiger partial charge in [-0.15, -0.1) is 0 Å². The molecule has 3 saturated heterocycles. The lowest BCUT2D eigenvalue weighted by molar-refractivity contribution is -0.188. The monoisotopic (exact) mass is 387 g/mol. The number of likely N-dealkylation sites (tertiary alicyclic amines) is 1. The van der Waals surface area contributed by atoms with E-state index < -0.39 is 5.79 Å². The van der Waals surface area contributed by atoms with E-state index in [1.807, 2.05) is 11.8 Å². The third-order valence-electron chi connectivity index (χ3n) is 6.14. The van der Waals surface area contributed by atoms with E-state index in [0.29, 0.717) is 38.6 Å². The Hall–Kier alpha value is -2.26. The van der Waals surface area contributed by atoms with Gasteiger partial charge >= 0.3 is 0 Å². The Balaban J connectivity index is 1.29. The molecule has 2 aromatic heterocycles. The first-order valence-corrected chi connectivity index (χ1v) is 10.0. The van der Waals surface area contributed by atoms with E-state index in [9.17, 15) is 4.79 Å². The summed E-state index contributed by atoms with van der Waals surface area (Å²) >= 11 is 0. The lowest BCUT2D eigenvalue weighted by atomic mass is 9.94. The number of piperidine rings is 2. The molecule has 0 aliphatic carbocycles. The van der Waals surface area contributed by atoms with Gasteiger partial charge in [0.05, 0.1) is 24.8 Å². The van der Waals surface area contributed by atoms with Gasteiger partial charge in [0.25, 0.3) is 5.71 Å². The van der Waals surface area contributed by atoms with Gasteiger partial charge in [-0.25, -0.2) is 4.98 Å². The van der Waals surface area contributed by atoms with Crippen LogP contribution in [0.4, 0.5) is 5.82 Å². The molecule has 1 spiro atoms. The Morgan fingerprint density at radius 2 is 1.96 bits per heavy atom. The van der Waals surface area contributed by atoms with E-state index in [-0.39, 0.29) is 11.8 Å². The number of aromatic nitrogens is 3. The van der Waals surface area contributed by atoms with Gasteiger partial charge in [0.2, 0.25) is 5.91 Å². The van der Waals surface area contributed by atoms with Crippen molar-refractivity contribution in [2.45, 2.75) is 38.4 Å². The van der Waals surface area contributed by atoms with Crippen molar-refractivity contribution in [3.63, 3.8) is 0 Å². The minimum absolute atomic E-state index is 0.0293. The van der Waals surface area contributed by atoms with Gasteiger partial charge < -0.3 is 23.8 Å². The minimum atomic E-state index is -0.451. The number of aryl methyl sites for hydroxylation is 1. The molecule has 3 aliphatic heterocycles. The Labute approximate surface area is 163 Å². The number of nitrogens with zero attached hydrogens (tertiary/aromatic N) is 5. The van der Waals surface area contributed by atoms with E-state index in [1.165, 1.54) is 6.33 Å². The van der Waals surface area contributed by atoms with Gasteiger partial charge in [-0.1, -0.05) is 5.16 Å². The van der Waals surface area contributed by atoms with E-state index >= 15 is 0 Å². The van der Waals surface area contributed by atoms with Gasteiger partial charge in [0, 0.05) is 39.0 Å². The zero-order chi connectivity index (χ0) is 19.1. The summed E-state index contributed by atoms with van der Waals surface area (Å²) in [5, 5.41) is 4.85. The summed E-state index contributed by atoms with van der Waals surface area (Å²) in [6, 6.07) is 0. The van der Waals surface area contributed by atoms with Crippen LogP contribution in [0, 0.1) is 12.8 Å². The van der Waals surface area contributed by atoms with E-state index in [0.717, 1.165) is 49.1 Å². The number of fused-ring (bicyclic) bond motifs is 1. The molecule has 3 fully saturated rings. The molecule has 28 heavy (non-hydrogen) atoms. The third-order valence-corrected chi connectivity index (χ3v) is 6.14. The summed E-state index contributed by atoms with van der Waals surface area (Å²) in [6.45, 7) is 6.11. The molecule has 3 aliphatic rings. The van der Waals surface area contributed by atoms with E-state index in [4.69, 9.17) is 14.0 Å². The van der Waals surface area contributed by atoms with Crippen LogP contribution in [0.25, 0.3) is 11.1 Å². The molecule has 2 aromatic rings. The van der Waals surface area contributed by atoms with Crippen LogP contribution in [0.5, 0.6) is 0 Å². The molecule has 0 bridgehead atoms. The first kappa shape index (κ1) is 17.8. The highest BCUT2D eigenvalue weighted by atomic mass is 16.7. The quantitative estimate of drug-likeness (QED) is 0.765. The topological polar surface area (TPSA) is 93.8 Å². The highest BCUT2D eigenvalue weighted by Gasteiger charge is 2.42. The fraction of sp³-hybridized carbons (Fsp3) is 0.684. The second-order valence-corrected chi connectivity index (χ2v) is 7.86. The van der Waals surface area contributed by atoms with Crippen LogP contribution in [0.3, 0.4) is 0 Å². The molecule has 0 saturated carbocycles. The van der Waals surface area contributed by atoms with Crippen molar-refractivity contribution < 1.29 is 18.8 Å². The number of rotatable bonds is 2. The Kier molecular flexibility index (Phi) is 4.43. The predicted octanol–water partition coefficient (Wildman–Crippen LogP) is 1.51. The van der Waals surface area contributed by atoms with Gasteiger partial charge in [0.1, 0.15) is 17.5 Å². The van der Waals surface area contributed by atoms with Crippen LogP contribution in [-0.2, 0) is 14.3 Å². The van der Waals surface area contributed by atoms with Crippen molar-refractivity contribution in [2.75, 3.05) is 44.3 Å². The van der Waals surface area contributed by atoms with Crippen LogP contribution >= 0.6 is 0 Å². The largest absolute Gasteiger partial charge is 0.355 e. The maximum atomic E-state index is 13.2. The van der Waals surface area contributed by atoms with Crippen molar-refractivity contribution in [1.29, 1.82) is 0 Å². The number of hydrogen-bond acceptors (Lipinski definition) is 8. The van der Waals surface area contributed by atoms with Crippen LogP contribution in [0.1, 0.15) is 31.4 Å². The molecule has 0 radical (unpaired) electrons. The predicted molar refractivity (Wildman–Crippen MR) is 99.7 cm³/mol. The molecule has 150 valence electrons. The fourth-order valence-corrected chi connectivity index (χ4v) is 4.63. The second kappa shape index (κ2) is 6.97. The van der Waals surface area contributed by atoms with Crippen LogP contribution < -0.4 is 4.90 Å². The molecule has 9 nitrogen and oxygen atoms in total. The molecule has 0 aromatic carbocycles. The van der Waals surface area contributed by atoms with Crippen LogP contribution in [-0.4, -0.2) is 71.1 Å². The smallest absolute Gasteiger partial charge is 0.263 e. The summed E-state index contributed by atoms with van der Waals surface area (Å²) in [5.74, 6) is 0.559. The average molecular weight is 387 g/mol. The Morgan fingerprint density at radius 1 is 1.18 bits per heavy atom. The fourth-order valence-electron chi connectivity index (χ4n) is 4.63. The number of carbonyl (C=O) groups excluding carboxylic acids is 1. The molecule has 9 heteroatoms. The lowest BCUT2D eigenvalue weighted by Gasteiger charge is -2.40. The zero-order valence-electron chi connectivity index (χ0n) is 16.1. The molecule has 5 heterocycles. The highest BCUT2D eigenvalue weighted by Crippen LogP contribution is 2.33. The zero-order valence-corrected chi connectivity index (χ0v) is 16.1. The van der Waals surface area contributed by atoms with Crippen LogP contribution in [0.2, 0.25) is 0 Å². The van der Waals surface area contributed by atoms with E-state index in [1.54, 1.807) is 0 Å². The normalized spacial score (nSPS) is 25.0. The van der Waals surface area contributed by atoms with Gasteiger partial charge in [-0.3, -0.25) is 4.79 Å². The van der Waals surface area contributed by atoms with Gasteiger partial charge in [-0.2, -0.15) is 4.98 Å². The van der Waals surface area contributed by atoms with Gasteiger partial charge in [0.15, 0.2) is 5.79 Å². The molecule has 1 atom stereocenters. The van der Waals surface area contributed by atoms with Crippen molar-refractivity contribution in [3.8, 4) is 0 Å². The summed E-state index contributed by atoms with van der Waals surface area (Å²) in [7, 11) is 0. The molecular weight excluding hydrogens is 362 g/mol. The average Bonchev–Trinajstić information content (AvgIpc) is 3.35. The first-order chi connectivity index (χ1) is 13.7. The molecule has 1 unspecified atom stereocenters. The third kappa shape index (κ3) is 3.02. The Bertz CT molecular complexity index is 868. The number of carbonyl (C=O) groups is 1. The summed E-state index contributed by atoms with van der Waals surface area (Å²) < 4.78 is 16.8. The maximum absolute atomic E-state index is 13.2. The SMILES string of the molecule is Cc1noc2ncnc(N3CCCC(C(=O)N4CCC5(CC4)OCCO5)C3)c12. The minimum Gasteiger partial charge on any atom is -0.355 e. The standard InChI is InChI=1S/C19H25N5O4/c1-13-15-16(20-12-21-17(15)28-22-13)24-6-2-3-14(11-24)18(25)23-7-4-19(5-8-23)26-9-10-27-19/h12,14H,2-11H2,1H3. The summed E-state index contributed by atoms with van der Waals surface area (Å²) in [6.07, 6.45) is 4.86. The van der Waals surface area contributed by atoms with Gasteiger partial charge in [-0.05, 0) is 19.8 Å². The van der Waals surface area contributed by atoms with Crippen molar-refractivity contribution in [3.05, 3.63) is 12.0 Å². The first-order valence-electron chi connectivity index (χ1n) is 10.0. The van der Waals surface area contributed by atoms with Crippen molar-refractivity contribution in [1.82, 2.24) is 20.0 Å². The summed E-state index contributed by atoms with van der Waals surface area (Å²) in [5.41, 5.74) is 1.27. The lowest BCUT2D eigenvalue weighted by Crippen LogP contribution is -2.51. The van der Waals surface area contributed by atoms with Crippen molar-refractivity contribution in [2.24, 2.45) is 5.92 Å². The number of amides is 1. The highest BCUT2D eigenvalue weighted by molar-refractivity contribution is 5.88. The summed E-state index contributed by atoms with van der Waals surface area (Å²) in [4.78, 5) is 25.9. The Morgan fingerprint density at radius 3 is 2.75 bits per heavy atom. The molecular formula is C19H25N5O4. The maximum Gasteiger partial charge on any atom is 0.263 e. The molecule has 0 N–H and O–H groups in total. The van der Waals surface area contributed by atoms with E-state index in [2.05, 4.69) is 20.0 Å². The number of hydrogen-bond donors (Lipinski definition) is 0. The second-order valence-electron chi connectivity index (χ2n) is 7.86. The van der Waals surface area contributed by atoms with Crippen molar-refractivity contribution >= 4 is 22.8 Å². The number of ether oxygens (including phenoxy) is 2. The molecule has 5 rings (SSSR count). The van der Waals surface area contributed by atoms with Crippen LogP contribution in [0.15, 0.2) is 10.9 Å². The molecule has 1 amide bonds.